The highest BCUT2D eigenvalue weighted by Gasteiger charge is 2.19. The van der Waals surface area contributed by atoms with Gasteiger partial charge in [-0.3, -0.25) is 14.2 Å². The lowest BCUT2D eigenvalue weighted by Gasteiger charge is -2.08. The van der Waals surface area contributed by atoms with Crippen molar-refractivity contribution < 1.29 is 4.79 Å². The van der Waals surface area contributed by atoms with Crippen molar-refractivity contribution >= 4 is 34.1 Å². The molecule has 0 radical (unpaired) electrons. The van der Waals surface area contributed by atoms with Crippen LogP contribution in [0.4, 0.5) is 0 Å². The Bertz CT molecular complexity index is 1430. The van der Waals surface area contributed by atoms with Crippen LogP contribution in [0.5, 0.6) is 0 Å². The fourth-order valence-electron chi connectivity index (χ4n) is 3.76. The van der Waals surface area contributed by atoms with Gasteiger partial charge in [-0.15, -0.1) is 5.10 Å². The van der Waals surface area contributed by atoms with Gasteiger partial charge < -0.3 is 0 Å². The standard InChI is InChI=1S/C22H21ClN4O3/c1-4-9-25-20(29)17-8-6-15(23)11-18(17)27-21(25)24-26(22(27)30)12-19(28)16-7-5-13(2)10-14(16)3/h5-8,10-11H,4,9,12H2,1-3H3. The average molecular weight is 425 g/mol. The molecule has 2 aromatic carbocycles. The van der Waals surface area contributed by atoms with Crippen LogP contribution in [0.25, 0.3) is 16.7 Å². The average Bonchev–Trinajstić information content (AvgIpc) is 3.01. The van der Waals surface area contributed by atoms with Gasteiger partial charge in [-0.1, -0.05) is 42.3 Å². The van der Waals surface area contributed by atoms with Crippen LogP contribution in [-0.2, 0) is 13.1 Å². The van der Waals surface area contributed by atoms with Gasteiger partial charge in [0.1, 0.15) is 6.54 Å². The van der Waals surface area contributed by atoms with Crippen LogP contribution in [0.3, 0.4) is 0 Å². The minimum Gasteiger partial charge on any atom is -0.292 e. The topological polar surface area (TPSA) is 78.4 Å². The van der Waals surface area contributed by atoms with Crippen molar-refractivity contribution in [2.75, 3.05) is 0 Å². The fraction of sp³-hybridized carbons (Fsp3) is 0.273. The summed E-state index contributed by atoms with van der Waals surface area (Å²) in [5.74, 6) is -0.0141. The lowest BCUT2D eigenvalue weighted by atomic mass is 10.0. The summed E-state index contributed by atoms with van der Waals surface area (Å²) in [4.78, 5) is 39.0. The second-order valence-electron chi connectivity index (χ2n) is 7.44. The molecule has 0 saturated heterocycles. The molecule has 0 amide bonds. The molecule has 30 heavy (non-hydrogen) atoms. The first-order valence-electron chi connectivity index (χ1n) is 9.74. The number of carbonyl (C=O) groups is 1. The summed E-state index contributed by atoms with van der Waals surface area (Å²) in [6.45, 7) is 5.95. The molecule has 0 aliphatic heterocycles. The Kier molecular flexibility index (Phi) is 5.07. The zero-order chi connectivity index (χ0) is 21.6. The second-order valence-corrected chi connectivity index (χ2v) is 7.87. The lowest BCUT2D eigenvalue weighted by Crippen LogP contribution is -2.27. The first kappa shape index (κ1) is 20.1. The number of carbonyl (C=O) groups excluding carboxylic acids is 1. The number of rotatable bonds is 5. The zero-order valence-corrected chi connectivity index (χ0v) is 17.7. The number of hydrogen-bond donors (Lipinski definition) is 0. The third-order valence-electron chi connectivity index (χ3n) is 5.16. The second kappa shape index (κ2) is 7.57. The van der Waals surface area contributed by atoms with Crippen molar-refractivity contribution in [1.29, 1.82) is 0 Å². The number of Topliss-reactive ketones (excluding diaryl/α,β-unsaturated/α-hetero) is 1. The van der Waals surface area contributed by atoms with Crippen LogP contribution in [0.2, 0.25) is 5.02 Å². The van der Waals surface area contributed by atoms with E-state index in [0.717, 1.165) is 15.8 Å². The van der Waals surface area contributed by atoms with E-state index in [1.807, 2.05) is 32.9 Å². The first-order valence-corrected chi connectivity index (χ1v) is 10.1. The quantitative estimate of drug-likeness (QED) is 0.460. The van der Waals surface area contributed by atoms with E-state index >= 15 is 0 Å². The molecule has 2 heterocycles. The number of fused-ring (bicyclic) bond motifs is 3. The first-order chi connectivity index (χ1) is 14.3. The molecular formula is C22H21ClN4O3. The summed E-state index contributed by atoms with van der Waals surface area (Å²) < 4.78 is 3.94. The molecule has 0 spiro atoms. The van der Waals surface area contributed by atoms with Gasteiger partial charge in [0.2, 0.25) is 5.78 Å². The molecule has 2 aromatic heterocycles. The Hall–Kier alpha value is -3.19. The Morgan fingerprint density at radius 2 is 1.87 bits per heavy atom. The van der Waals surface area contributed by atoms with Gasteiger partial charge in [-0.05, 0) is 44.0 Å². The van der Waals surface area contributed by atoms with Crippen molar-refractivity contribution in [1.82, 2.24) is 18.7 Å². The van der Waals surface area contributed by atoms with Gasteiger partial charge in [0, 0.05) is 17.1 Å². The van der Waals surface area contributed by atoms with Crippen molar-refractivity contribution in [3.63, 3.8) is 0 Å². The Morgan fingerprint density at radius 3 is 2.57 bits per heavy atom. The predicted molar refractivity (Wildman–Crippen MR) is 117 cm³/mol. The minimum absolute atomic E-state index is 0.204. The van der Waals surface area contributed by atoms with Gasteiger partial charge in [0.25, 0.3) is 5.56 Å². The van der Waals surface area contributed by atoms with Crippen molar-refractivity contribution in [3.05, 3.63) is 78.9 Å². The number of ketones is 1. The smallest absolute Gasteiger partial charge is 0.292 e. The van der Waals surface area contributed by atoms with Crippen molar-refractivity contribution in [2.24, 2.45) is 0 Å². The number of aryl methyl sites for hydroxylation is 3. The Balaban J connectivity index is 1.93. The number of benzene rings is 2. The van der Waals surface area contributed by atoms with Crippen molar-refractivity contribution in [3.8, 4) is 0 Å². The SMILES string of the molecule is CCCn1c(=O)c2ccc(Cl)cc2n2c(=O)n(CC(=O)c3ccc(C)cc3C)nc12. The van der Waals surface area contributed by atoms with Gasteiger partial charge in [-0.25, -0.2) is 13.9 Å². The fourth-order valence-corrected chi connectivity index (χ4v) is 3.93. The van der Waals surface area contributed by atoms with Crippen LogP contribution in [-0.4, -0.2) is 24.5 Å². The van der Waals surface area contributed by atoms with Gasteiger partial charge in [0.15, 0.2) is 5.78 Å². The third-order valence-corrected chi connectivity index (χ3v) is 5.40. The van der Waals surface area contributed by atoms with E-state index in [1.165, 1.54) is 8.97 Å². The highest BCUT2D eigenvalue weighted by molar-refractivity contribution is 6.31. The molecule has 0 saturated carbocycles. The Labute approximate surface area is 177 Å². The monoisotopic (exact) mass is 424 g/mol. The molecule has 0 aliphatic rings. The number of nitrogens with zero attached hydrogens (tertiary/aromatic N) is 4. The van der Waals surface area contributed by atoms with Crippen LogP contribution >= 0.6 is 11.6 Å². The molecule has 4 rings (SSSR count). The molecule has 7 nitrogen and oxygen atoms in total. The summed E-state index contributed by atoms with van der Waals surface area (Å²) in [6, 6.07) is 10.3. The van der Waals surface area contributed by atoms with Gasteiger partial charge >= 0.3 is 5.69 Å². The van der Waals surface area contributed by atoms with Crippen LogP contribution in [0, 0.1) is 13.8 Å². The molecule has 0 bridgehead atoms. The van der Waals surface area contributed by atoms with E-state index in [2.05, 4.69) is 5.10 Å². The summed E-state index contributed by atoms with van der Waals surface area (Å²) in [5, 5.41) is 5.13. The van der Waals surface area contributed by atoms with E-state index in [9.17, 15) is 14.4 Å². The number of halogens is 1. The highest BCUT2D eigenvalue weighted by atomic mass is 35.5. The molecule has 8 heteroatoms. The normalized spacial score (nSPS) is 11.5. The minimum atomic E-state index is -0.486. The highest BCUT2D eigenvalue weighted by Crippen LogP contribution is 2.18. The van der Waals surface area contributed by atoms with Crippen LogP contribution in [0.1, 0.15) is 34.8 Å². The molecule has 0 fully saturated rings. The maximum absolute atomic E-state index is 13.2. The Morgan fingerprint density at radius 1 is 1.10 bits per heavy atom. The molecule has 0 unspecified atom stereocenters. The maximum Gasteiger partial charge on any atom is 0.352 e. The predicted octanol–water partition coefficient (Wildman–Crippen LogP) is 3.37. The number of aromatic nitrogens is 4. The van der Waals surface area contributed by atoms with E-state index in [0.29, 0.717) is 34.5 Å². The van der Waals surface area contributed by atoms with E-state index < -0.39 is 5.69 Å². The van der Waals surface area contributed by atoms with E-state index in [-0.39, 0.29) is 23.7 Å². The van der Waals surface area contributed by atoms with E-state index in [4.69, 9.17) is 11.6 Å². The molecular weight excluding hydrogens is 404 g/mol. The molecule has 4 aromatic rings. The molecule has 154 valence electrons. The molecule has 0 N–H and O–H groups in total. The summed E-state index contributed by atoms with van der Waals surface area (Å²) in [6.07, 6.45) is 0.692. The molecule has 0 aliphatic carbocycles. The summed E-state index contributed by atoms with van der Waals surface area (Å²) in [7, 11) is 0. The van der Waals surface area contributed by atoms with Crippen LogP contribution < -0.4 is 11.2 Å². The maximum atomic E-state index is 13.2. The number of hydrogen-bond acceptors (Lipinski definition) is 4. The summed E-state index contributed by atoms with van der Waals surface area (Å²) >= 11 is 6.12. The van der Waals surface area contributed by atoms with E-state index in [1.54, 1.807) is 24.3 Å². The third kappa shape index (κ3) is 3.25. The molecule has 0 atom stereocenters. The lowest BCUT2D eigenvalue weighted by molar-refractivity contribution is 0.0965. The van der Waals surface area contributed by atoms with Gasteiger partial charge in [-0.2, -0.15) is 0 Å². The van der Waals surface area contributed by atoms with Crippen LogP contribution in [0.15, 0.2) is 46.0 Å². The summed E-state index contributed by atoms with van der Waals surface area (Å²) in [5.41, 5.74) is 2.10. The zero-order valence-electron chi connectivity index (χ0n) is 17.0. The van der Waals surface area contributed by atoms with Gasteiger partial charge in [0.05, 0.1) is 10.9 Å². The largest absolute Gasteiger partial charge is 0.352 e. The van der Waals surface area contributed by atoms with Crippen molar-refractivity contribution in [2.45, 2.75) is 40.3 Å².